The minimum absolute atomic E-state index is 0.0339. The minimum atomic E-state index is -0.397. The zero-order valence-corrected chi connectivity index (χ0v) is 13.6. The Kier molecular flexibility index (Phi) is 4.93. The van der Waals surface area contributed by atoms with E-state index >= 15 is 0 Å². The van der Waals surface area contributed by atoms with Crippen LogP contribution in [-0.2, 0) is 0 Å². The van der Waals surface area contributed by atoms with E-state index in [1.54, 1.807) is 0 Å². The fourth-order valence-electron chi connectivity index (χ4n) is 3.39. The highest BCUT2D eigenvalue weighted by atomic mass is 16.6. The van der Waals surface area contributed by atoms with Crippen LogP contribution in [0.25, 0.3) is 0 Å². The van der Waals surface area contributed by atoms with Crippen LogP contribution >= 0.6 is 0 Å². The maximum atomic E-state index is 11.6. The van der Waals surface area contributed by atoms with Crippen LogP contribution in [0, 0.1) is 16.0 Å². The standard InChI is InChI=1S/C16H24N4O3/c1-12-7-9-19(10-8-12)15-14(20(21)22)16(18-11-17-15)23-13-5-3-2-4-6-13/h11-13H,2-10H2,1H3. The summed E-state index contributed by atoms with van der Waals surface area (Å²) in [5.74, 6) is 1.19. The zero-order chi connectivity index (χ0) is 16.2. The maximum absolute atomic E-state index is 11.6. The summed E-state index contributed by atoms with van der Waals surface area (Å²) in [7, 11) is 0. The predicted molar refractivity (Wildman–Crippen MR) is 86.8 cm³/mol. The van der Waals surface area contributed by atoms with Crippen LogP contribution in [0.15, 0.2) is 6.33 Å². The van der Waals surface area contributed by atoms with E-state index in [-0.39, 0.29) is 17.7 Å². The van der Waals surface area contributed by atoms with E-state index in [2.05, 4.69) is 16.9 Å². The number of ether oxygens (including phenoxy) is 1. The lowest BCUT2D eigenvalue weighted by atomic mass is 9.98. The van der Waals surface area contributed by atoms with Crippen molar-refractivity contribution in [2.75, 3.05) is 18.0 Å². The van der Waals surface area contributed by atoms with Gasteiger partial charge in [-0.15, -0.1) is 0 Å². The number of nitro groups is 1. The Morgan fingerprint density at radius 1 is 1.17 bits per heavy atom. The van der Waals surface area contributed by atoms with Gasteiger partial charge in [0.2, 0.25) is 5.82 Å². The van der Waals surface area contributed by atoms with E-state index in [1.165, 1.54) is 12.7 Å². The molecular weight excluding hydrogens is 296 g/mol. The zero-order valence-electron chi connectivity index (χ0n) is 13.6. The number of piperidine rings is 1. The number of hydrogen-bond donors (Lipinski definition) is 0. The van der Waals surface area contributed by atoms with Crippen LogP contribution in [0.1, 0.15) is 51.9 Å². The third kappa shape index (κ3) is 3.71. The summed E-state index contributed by atoms with van der Waals surface area (Å²) in [6.45, 7) is 3.80. The molecule has 0 aromatic carbocycles. The monoisotopic (exact) mass is 320 g/mol. The van der Waals surface area contributed by atoms with E-state index in [1.807, 2.05) is 4.90 Å². The highest BCUT2D eigenvalue weighted by Crippen LogP contribution is 2.36. The molecule has 0 bridgehead atoms. The van der Waals surface area contributed by atoms with Crippen molar-refractivity contribution in [3.05, 3.63) is 16.4 Å². The van der Waals surface area contributed by atoms with Crippen molar-refractivity contribution in [3.63, 3.8) is 0 Å². The summed E-state index contributed by atoms with van der Waals surface area (Å²) in [4.78, 5) is 21.5. The largest absolute Gasteiger partial charge is 0.469 e. The molecule has 1 saturated heterocycles. The second-order valence-electron chi connectivity index (χ2n) is 6.66. The fraction of sp³-hybridized carbons (Fsp3) is 0.750. The molecule has 1 aromatic heterocycles. The van der Waals surface area contributed by atoms with Gasteiger partial charge in [0.15, 0.2) is 0 Å². The molecule has 1 saturated carbocycles. The Morgan fingerprint density at radius 3 is 2.52 bits per heavy atom. The van der Waals surface area contributed by atoms with Crippen molar-refractivity contribution in [1.82, 2.24) is 9.97 Å². The molecule has 1 aliphatic heterocycles. The molecule has 2 aliphatic rings. The third-order valence-electron chi connectivity index (χ3n) is 4.87. The first-order valence-electron chi connectivity index (χ1n) is 8.56. The Balaban J connectivity index is 1.84. The smallest absolute Gasteiger partial charge is 0.372 e. The summed E-state index contributed by atoms with van der Waals surface area (Å²) in [6.07, 6.45) is 8.80. The molecule has 2 heterocycles. The van der Waals surface area contributed by atoms with Gasteiger partial charge in [0.05, 0.1) is 4.92 Å². The van der Waals surface area contributed by atoms with E-state index < -0.39 is 4.92 Å². The number of aromatic nitrogens is 2. The molecule has 0 N–H and O–H groups in total. The highest BCUT2D eigenvalue weighted by Gasteiger charge is 2.31. The van der Waals surface area contributed by atoms with Gasteiger partial charge < -0.3 is 9.64 Å². The van der Waals surface area contributed by atoms with E-state index in [0.717, 1.165) is 51.6 Å². The van der Waals surface area contributed by atoms with Crippen molar-refractivity contribution in [3.8, 4) is 5.88 Å². The average Bonchev–Trinajstić information content (AvgIpc) is 2.56. The molecule has 0 amide bonds. The number of rotatable bonds is 4. The van der Waals surface area contributed by atoms with Gasteiger partial charge in [0, 0.05) is 13.1 Å². The van der Waals surface area contributed by atoms with E-state index in [9.17, 15) is 10.1 Å². The van der Waals surface area contributed by atoms with Gasteiger partial charge in [-0.25, -0.2) is 4.98 Å². The average molecular weight is 320 g/mol. The molecule has 1 aromatic rings. The van der Waals surface area contributed by atoms with Gasteiger partial charge in [-0.05, 0) is 44.4 Å². The number of nitrogens with zero attached hydrogens (tertiary/aromatic N) is 4. The first-order valence-corrected chi connectivity index (χ1v) is 8.56. The Labute approximate surface area is 136 Å². The maximum Gasteiger partial charge on any atom is 0.372 e. The second-order valence-corrected chi connectivity index (χ2v) is 6.66. The van der Waals surface area contributed by atoms with Crippen LogP contribution in [0.3, 0.4) is 0 Å². The van der Waals surface area contributed by atoms with Crippen molar-refractivity contribution in [1.29, 1.82) is 0 Å². The van der Waals surface area contributed by atoms with Crippen molar-refractivity contribution < 1.29 is 9.66 Å². The SMILES string of the molecule is CC1CCN(c2ncnc(OC3CCCCC3)c2[N+](=O)[O-])CC1. The number of anilines is 1. The molecule has 2 fully saturated rings. The molecule has 0 atom stereocenters. The van der Waals surface area contributed by atoms with Gasteiger partial charge in [-0.1, -0.05) is 13.3 Å². The minimum Gasteiger partial charge on any atom is -0.469 e. The van der Waals surface area contributed by atoms with Gasteiger partial charge in [0.1, 0.15) is 12.4 Å². The molecule has 3 rings (SSSR count). The van der Waals surface area contributed by atoms with Gasteiger partial charge in [-0.2, -0.15) is 4.98 Å². The highest BCUT2D eigenvalue weighted by molar-refractivity contribution is 5.62. The van der Waals surface area contributed by atoms with Gasteiger partial charge >= 0.3 is 5.69 Å². The quantitative estimate of drug-likeness (QED) is 0.625. The van der Waals surface area contributed by atoms with Crippen LogP contribution in [-0.4, -0.2) is 34.1 Å². The topological polar surface area (TPSA) is 81.4 Å². The molecule has 7 nitrogen and oxygen atoms in total. The van der Waals surface area contributed by atoms with Crippen LogP contribution in [0.4, 0.5) is 11.5 Å². The third-order valence-corrected chi connectivity index (χ3v) is 4.87. The lowest BCUT2D eigenvalue weighted by Gasteiger charge is -2.31. The lowest BCUT2D eigenvalue weighted by molar-refractivity contribution is -0.385. The molecule has 0 unspecified atom stereocenters. The summed E-state index contributed by atoms with van der Waals surface area (Å²) < 4.78 is 5.88. The molecule has 0 spiro atoms. The summed E-state index contributed by atoms with van der Waals surface area (Å²) in [5.41, 5.74) is -0.0763. The van der Waals surface area contributed by atoms with Gasteiger partial charge in [-0.3, -0.25) is 10.1 Å². The second kappa shape index (κ2) is 7.10. The summed E-state index contributed by atoms with van der Waals surface area (Å²) >= 11 is 0. The van der Waals surface area contributed by atoms with Crippen molar-refractivity contribution in [2.24, 2.45) is 5.92 Å². The van der Waals surface area contributed by atoms with E-state index in [4.69, 9.17) is 4.74 Å². The predicted octanol–water partition coefficient (Wildman–Crippen LogP) is 3.33. The van der Waals surface area contributed by atoms with Crippen LogP contribution in [0.5, 0.6) is 5.88 Å². The van der Waals surface area contributed by atoms with Crippen molar-refractivity contribution in [2.45, 2.75) is 58.0 Å². The Bertz CT molecular complexity index is 552. The molecule has 126 valence electrons. The van der Waals surface area contributed by atoms with Gasteiger partial charge in [0.25, 0.3) is 5.88 Å². The molecular formula is C16H24N4O3. The molecule has 1 aliphatic carbocycles. The van der Waals surface area contributed by atoms with Crippen LogP contribution < -0.4 is 9.64 Å². The van der Waals surface area contributed by atoms with Crippen LogP contribution in [0.2, 0.25) is 0 Å². The molecule has 23 heavy (non-hydrogen) atoms. The normalized spacial score (nSPS) is 20.5. The molecule has 7 heteroatoms. The van der Waals surface area contributed by atoms with E-state index in [0.29, 0.717) is 11.7 Å². The summed E-state index contributed by atoms with van der Waals surface area (Å²) in [6, 6.07) is 0. The Morgan fingerprint density at radius 2 is 1.87 bits per heavy atom. The Hall–Kier alpha value is -1.92. The first kappa shape index (κ1) is 16.0. The first-order chi connectivity index (χ1) is 11.1. The lowest BCUT2D eigenvalue weighted by Crippen LogP contribution is -2.34. The fourth-order valence-corrected chi connectivity index (χ4v) is 3.39. The summed E-state index contributed by atoms with van der Waals surface area (Å²) in [5, 5.41) is 11.6. The number of hydrogen-bond acceptors (Lipinski definition) is 6. The molecule has 0 radical (unpaired) electrons. The van der Waals surface area contributed by atoms with Crippen molar-refractivity contribution >= 4 is 11.5 Å².